The van der Waals surface area contributed by atoms with E-state index in [9.17, 15) is 9.59 Å². The minimum Gasteiger partial charge on any atom is -0.491 e. The summed E-state index contributed by atoms with van der Waals surface area (Å²) in [6.07, 6.45) is 6.47. The number of aryl methyl sites for hydroxylation is 2. The lowest BCUT2D eigenvalue weighted by Crippen LogP contribution is -2.61. The van der Waals surface area contributed by atoms with E-state index >= 15 is 0 Å². The Bertz CT molecular complexity index is 948. The first-order chi connectivity index (χ1) is 15.1. The molecule has 1 saturated heterocycles. The number of hydrogen-bond donors (Lipinski definition) is 1. The van der Waals surface area contributed by atoms with Crippen LogP contribution in [0.25, 0.3) is 0 Å². The van der Waals surface area contributed by atoms with Gasteiger partial charge in [-0.1, -0.05) is 18.2 Å². The highest BCUT2D eigenvalue weighted by Gasteiger charge is 2.44. The number of rotatable bonds is 1. The lowest BCUT2D eigenvalue weighted by Gasteiger charge is -2.41. The predicted molar refractivity (Wildman–Crippen MR) is 116 cm³/mol. The van der Waals surface area contributed by atoms with Crippen molar-refractivity contribution < 1.29 is 19.1 Å². The molecule has 0 aliphatic carbocycles. The number of benzene rings is 1. The Balaban J connectivity index is 1.50. The summed E-state index contributed by atoms with van der Waals surface area (Å²) in [7, 11) is 0. The minimum atomic E-state index is -1.04. The lowest BCUT2D eigenvalue weighted by molar-refractivity contribution is -0.159. The number of morpholine rings is 1. The fourth-order valence-electron chi connectivity index (χ4n) is 4.28. The number of aromatic nitrogens is 1. The van der Waals surface area contributed by atoms with Crippen molar-refractivity contribution in [3.05, 3.63) is 59.4 Å². The number of fused-ring (bicyclic) bond motifs is 1. The number of carbonyl (C=O) groups is 2. The van der Waals surface area contributed by atoms with Crippen LogP contribution in [0.1, 0.15) is 40.7 Å². The second-order valence-electron chi connectivity index (χ2n) is 8.24. The van der Waals surface area contributed by atoms with Crippen LogP contribution in [0.5, 0.6) is 5.75 Å². The third-order valence-electron chi connectivity index (χ3n) is 5.90. The number of pyridine rings is 1. The second kappa shape index (κ2) is 9.47. The lowest BCUT2D eigenvalue weighted by atomic mass is 9.91. The van der Waals surface area contributed by atoms with Gasteiger partial charge in [0.2, 0.25) is 0 Å². The third kappa shape index (κ3) is 4.88. The topological polar surface area (TPSA) is 80.8 Å². The highest BCUT2D eigenvalue weighted by atomic mass is 16.5. The van der Waals surface area contributed by atoms with Gasteiger partial charge in [-0.25, -0.2) is 0 Å². The summed E-state index contributed by atoms with van der Waals surface area (Å²) in [5.41, 5.74) is 1.61. The summed E-state index contributed by atoms with van der Waals surface area (Å²) in [6.45, 7) is 3.70. The molecule has 1 fully saturated rings. The van der Waals surface area contributed by atoms with E-state index in [2.05, 4.69) is 16.4 Å². The van der Waals surface area contributed by atoms with Crippen LogP contribution in [-0.4, -0.2) is 60.1 Å². The van der Waals surface area contributed by atoms with Gasteiger partial charge in [-0.15, -0.1) is 0 Å². The van der Waals surface area contributed by atoms with E-state index in [1.54, 1.807) is 17.3 Å². The van der Waals surface area contributed by atoms with Gasteiger partial charge < -0.3 is 19.7 Å². The Morgan fingerprint density at radius 3 is 2.94 bits per heavy atom. The zero-order valence-corrected chi connectivity index (χ0v) is 17.9. The molecule has 1 aromatic heterocycles. The van der Waals surface area contributed by atoms with Crippen molar-refractivity contribution in [3.63, 3.8) is 0 Å². The van der Waals surface area contributed by atoms with Crippen LogP contribution < -0.4 is 10.1 Å². The van der Waals surface area contributed by atoms with Crippen molar-refractivity contribution >= 4 is 11.8 Å². The van der Waals surface area contributed by atoms with E-state index < -0.39 is 5.60 Å². The molecule has 0 saturated carbocycles. The molecular weight excluding hydrogens is 394 g/mol. The molecular formula is C24H29N3O4. The summed E-state index contributed by atoms with van der Waals surface area (Å²) in [6, 6.07) is 9.86. The molecule has 164 valence electrons. The average molecular weight is 424 g/mol. The van der Waals surface area contributed by atoms with E-state index in [0.29, 0.717) is 38.3 Å². The molecule has 1 aromatic carbocycles. The van der Waals surface area contributed by atoms with Crippen LogP contribution in [0.3, 0.4) is 0 Å². The predicted octanol–water partition coefficient (Wildman–Crippen LogP) is 2.52. The second-order valence-corrected chi connectivity index (χ2v) is 8.24. The molecule has 2 aromatic rings. The van der Waals surface area contributed by atoms with Gasteiger partial charge in [0.15, 0.2) is 5.60 Å². The third-order valence-corrected chi connectivity index (χ3v) is 5.90. The fraction of sp³-hybridized carbons (Fsp3) is 0.458. The molecule has 31 heavy (non-hydrogen) atoms. The Hall–Kier alpha value is -2.93. The highest BCUT2D eigenvalue weighted by molar-refractivity contribution is 5.95. The van der Waals surface area contributed by atoms with Gasteiger partial charge >= 0.3 is 0 Å². The zero-order valence-electron chi connectivity index (χ0n) is 17.9. The van der Waals surface area contributed by atoms with Gasteiger partial charge in [-0.2, -0.15) is 0 Å². The zero-order chi connectivity index (χ0) is 21.7. The molecule has 1 unspecified atom stereocenters. The SMILES string of the molecule is Cc1cncc(C(=O)N2CCOC3(CCCCc4ccccc4OCCNC3=O)C2)c1. The number of nitrogens with zero attached hydrogens (tertiary/aromatic N) is 2. The maximum absolute atomic E-state index is 13.2. The maximum Gasteiger partial charge on any atom is 0.255 e. The molecule has 0 bridgehead atoms. The molecule has 0 radical (unpaired) electrons. The molecule has 3 heterocycles. The molecule has 1 spiro atoms. The largest absolute Gasteiger partial charge is 0.491 e. The first kappa shape index (κ1) is 21.3. The summed E-state index contributed by atoms with van der Waals surface area (Å²) < 4.78 is 12.0. The molecule has 4 rings (SSSR count). The fourth-order valence-corrected chi connectivity index (χ4v) is 4.28. The Labute approximate surface area is 182 Å². The van der Waals surface area contributed by atoms with Crippen molar-refractivity contribution in [2.24, 2.45) is 0 Å². The number of nitrogens with one attached hydrogen (secondary N) is 1. The van der Waals surface area contributed by atoms with Crippen LogP contribution in [0.2, 0.25) is 0 Å². The number of ether oxygens (including phenoxy) is 2. The van der Waals surface area contributed by atoms with Gasteiger partial charge in [0.1, 0.15) is 12.4 Å². The average Bonchev–Trinajstić information content (AvgIpc) is 2.79. The van der Waals surface area contributed by atoms with E-state index in [-0.39, 0.29) is 18.4 Å². The van der Waals surface area contributed by atoms with Crippen LogP contribution in [0, 0.1) is 6.92 Å². The molecule has 1 atom stereocenters. The number of hydrogen-bond acceptors (Lipinski definition) is 5. The normalized spacial score (nSPS) is 22.5. The minimum absolute atomic E-state index is 0.116. The van der Waals surface area contributed by atoms with Crippen molar-refractivity contribution in [3.8, 4) is 5.75 Å². The standard InChI is InChI=1S/C24H29N3O4/c1-18-14-20(16-25-15-18)22(28)27-11-13-31-24(17-27)9-5-4-7-19-6-2-3-8-21(19)30-12-10-26-23(24)29/h2-3,6,8,14-16H,4-5,7,9-13,17H2,1H3,(H,26,29). The molecule has 2 aliphatic heterocycles. The Kier molecular flexibility index (Phi) is 6.51. The smallest absolute Gasteiger partial charge is 0.255 e. The van der Waals surface area contributed by atoms with Gasteiger partial charge in [-0.05, 0) is 55.9 Å². The van der Waals surface area contributed by atoms with Crippen LogP contribution in [0.15, 0.2) is 42.7 Å². The van der Waals surface area contributed by atoms with E-state index in [1.165, 1.54) is 5.56 Å². The molecule has 1 N–H and O–H groups in total. The molecule has 7 heteroatoms. The summed E-state index contributed by atoms with van der Waals surface area (Å²) in [5.74, 6) is 0.587. The summed E-state index contributed by atoms with van der Waals surface area (Å²) >= 11 is 0. The van der Waals surface area contributed by atoms with Gasteiger partial charge in [0.25, 0.3) is 11.8 Å². The van der Waals surface area contributed by atoms with Crippen molar-refractivity contribution in [1.29, 1.82) is 0 Å². The Morgan fingerprint density at radius 1 is 1.19 bits per heavy atom. The molecule has 2 aliphatic rings. The van der Waals surface area contributed by atoms with E-state index in [0.717, 1.165) is 30.6 Å². The number of amides is 2. The van der Waals surface area contributed by atoms with Crippen LogP contribution in [-0.2, 0) is 16.0 Å². The first-order valence-corrected chi connectivity index (χ1v) is 10.9. The number of para-hydroxylation sites is 1. The summed E-state index contributed by atoms with van der Waals surface area (Å²) in [5, 5.41) is 2.96. The van der Waals surface area contributed by atoms with Gasteiger partial charge in [0, 0.05) is 18.9 Å². The van der Waals surface area contributed by atoms with Gasteiger partial charge in [-0.3, -0.25) is 14.6 Å². The van der Waals surface area contributed by atoms with Crippen molar-refractivity contribution in [1.82, 2.24) is 15.2 Å². The van der Waals surface area contributed by atoms with Crippen molar-refractivity contribution in [2.75, 3.05) is 32.8 Å². The quantitative estimate of drug-likeness (QED) is 0.762. The van der Waals surface area contributed by atoms with E-state index in [4.69, 9.17) is 9.47 Å². The van der Waals surface area contributed by atoms with Crippen LogP contribution in [0.4, 0.5) is 0 Å². The first-order valence-electron chi connectivity index (χ1n) is 10.9. The highest BCUT2D eigenvalue weighted by Crippen LogP contribution is 2.28. The van der Waals surface area contributed by atoms with Gasteiger partial charge in [0.05, 0.1) is 25.3 Å². The van der Waals surface area contributed by atoms with Crippen LogP contribution >= 0.6 is 0 Å². The van der Waals surface area contributed by atoms with Crippen molar-refractivity contribution in [2.45, 2.75) is 38.2 Å². The van der Waals surface area contributed by atoms with E-state index in [1.807, 2.05) is 31.2 Å². The Morgan fingerprint density at radius 2 is 2.06 bits per heavy atom. The maximum atomic E-state index is 13.2. The molecule has 2 amide bonds. The molecule has 7 nitrogen and oxygen atoms in total. The summed E-state index contributed by atoms with van der Waals surface area (Å²) in [4.78, 5) is 32.1. The monoisotopic (exact) mass is 423 g/mol. The number of carbonyl (C=O) groups excluding carboxylic acids is 2.